The van der Waals surface area contributed by atoms with Crippen LogP contribution in [0.3, 0.4) is 0 Å². The highest BCUT2D eigenvalue weighted by Crippen LogP contribution is 2.25. The molecule has 35 heavy (non-hydrogen) atoms. The van der Waals surface area contributed by atoms with Crippen LogP contribution < -0.4 is 10.2 Å². The van der Waals surface area contributed by atoms with E-state index in [-0.39, 0.29) is 18.0 Å². The third kappa shape index (κ3) is 6.79. The van der Waals surface area contributed by atoms with Crippen LogP contribution in [0.5, 0.6) is 0 Å². The normalized spacial score (nSPS) is 19.1. The molecule has 3 amide bonds. The van der Waals surface area contributed by atoms with Crippen LogP contribution in [0, 0.1) is 12.8 Å². The molecule has 2 fully saturated rings. The molecule has 1 aromatic carbocycles. The minimum Gasteiger partial charge on any atom is -0.353 e. The van der Waals surface area contributed by atoms with Gasteiger partial charge in [0.25, 0.3) is 0 Å². The molecule has 2 saturated heterocycles. The van der Waals surface area contributed by atoms with Crippen molar-refractivity contribution in [2.45, 2.75) is 44.8 Å². The van der Waals surface area contributed by atoms with Crippen molar-refractivity contribution in [2.24, 2.45) is 5.92 Å². The summed E-state index contributed by atoms with van der Waals surface area (Å²) in [4.78, 5) is 40.3. The van der Waals surface area contributed by atoms with Crippen molar-refractivity contribution in [3.63, 3.8) is 0 Å². The van der Waals surface area contributed by atoms with Gasteiger partial charge in [0, 0.05) is 50.5 Å². The summed E-state index contributed by atoms with van der Waals surface area (Å²) in [6.07, 6.45) is 2.11. The van der Waals surface area contributed by atoms with Gasteiger partial charge in [0.1, 0.15) is 11.0 Å². The topological polar surface area (TPSA) is 81.7 Å². The molecule has 8 nitrogen and oxygen atoms in total. The Kier molecular flexibility index (Phi) is 8.38. The molecule has 0 bridgehead atoms. The van der Waals surface area contributed by atoms with Crippen LogP contribution >= 0.6 is 23.4 Å². The van der Waals surface area contributed by atoms with Crippen molar-refractivity contribution in [3.8, 4) is 0 Å². The fourth-order valence-electron chi connectivity index (χ4n) is 4.47. The van der Waals surface area contributed by atoms with E-state index >= 15 is 0 Å². The van der Waals surface area contributed by atoms with Gasteiger partial charge in [0.15, 0.2) is 5.16 Å². The van der Waals surface area contributed by atoms with Crippen LogP contribution in [-0.4, -0.2) is 76.2 Å². The summed E-state index contributed by atoms with van der Waals surface area (Å²) >= 11 is 7.63. The van der Waals surface area contributed by atoms with Gasteiger partial charge in [-0.2, -0.15) is 0 Å². The van der Waals surface area contributed by atoms with Crippen molar-refractivity contribution in [3.05, 3.63) is 41.0 Å². The number of carbonyl (C=O) groups is 2. The number of hydrogen-bond donors (Lipinski definition) is 1. The number of aryl methyl sites for hydroxylation is 1. The Labute approximate surface area is 216 Å². The molecule has 188 valence electrons. The first-order valence-electron chi connectivity index (χ1n) is 12.1. The minimum atomic E-state index is -0.106. The highest BCUT2D eigenvalue weighted by atomic mass is 35.5. The van der Waals surface area contributed by atoms with Crippen LogP contribution in [0.4, 0.5) is 16.3 Å². The number of amides is 3. The number of nitrogens with one attached hydrogen (secondary N) is 1. The highest BCUT2D eigenvalue weighted by Gasteiger charge is 2.29. The molecule has 3 heterocycles. The number of piperazine rings is 1. The lowest BCUT2D eigenvalue weighted by atomic mass is 9.99. The summed E-state index contributed by atoms with van der Waals surface area (Å²) in [6.45, 7) is 9.73. The fraction of sp³-hybridized carbons (Fsp3) is 0.520. The summed E-state index contributed by atoms with van der Waals surface area (Å²) in [5, 5.41) is 3.84. The fourth-order valence-corrected chi connectivity index (χ4v) is 5.46. The third-order valence-corrected chi connectivity index (χ3v) is 7.63. The van der Waals surface area contributed by atoms with E-state index in [0.717, 1.165) is 43.0 Å². The second-order valence-corrected chi connectivity index (χ2v) is 10.8. The lowest BCUT2D eigenvalue weighted by molar-refractivity contribution is -0.129. The van der Waals surface area contributed by atoms with Gasteiger partial charge in [0.2, 0.25) is 5.91 Å². The van der Waals surface area contributed by atoms with Gasteiger partial charge >= 0.3 is 6.03 Å². The van der Waals surface area contributed by atoms with Crippen LogP contribution in [0.25, 0.3) is 0 Å². The molecule has 0 radical (unpaired) electrons. The second kappa shape index (κ2) is 11.5. The zero-order chi connectivity index (χ0) is 24.9. The third-order valence-electron chi connectivity index (χ3n) is 6.60. The predicted molar refractivity (Wildman–Crippen MR) is 141 cm³/mol. The number of thioether (sulfide) groups is 1. The Bertz CT molecular complexity index is 1060. The number of carbonyl (C=O) groups excluding carboxylic acids is 2. The smallest absolute Gasteiger partial charge is 0.322 e. The molecule has 0 aliphatic carbocycles. The molecular weight excluding hydrogens is 484 g/mol. The quantitative estimate of drug-likeness (QED) is 0.357. The molecule has 1 atom stereocenters. The lowest BCUT2D eigenvalue weighted by Gasteiger charge is -2.40. The number of aromatic nitrogens is 2. The number of piperidine rings is 1. The van der Waals surface area contributed by atoms with E-state index in [1.807, 2.05) is 47.9 Å². The van der Waals surface area contributed by atoms with Crippen molar-refractivity contribution in [1.82, 2.24) is 19.8 Å². The summed E-state index contributed by atoms with van der Waals surface area (Å²) in [5.41, 5.74) is 1.89. The Morgan fingerprint density at radius 3 is 2.60 bits per heavy atom. The van der Waals surface area contributed by atoms with Gasteiger partial charge in [-0.1, -0.05) is 42.4 Å². The molecule has 2 aliphatic rings. The second-order valence-electron chi connectivity index (χ2n) is 9.47. The monoisotopic (exact) mass is 516 g/mol. The SMILES string of the molecule is Cc1cccc(NC(=O)N2CCN(c3cc(Cl)nc(SCC(=O)N4CCC(C)CC4)n3)CC2C)c1. The lowest BCUT2D eigenvalue weighted by Crippen LogP contribution is -2.55. The zero-order valence-electron chi connectivity index (χ0n) is 20.5. The molecule has 1 unspecified atom stereocenters. The van der Waals surface area contributed by atoms with Gasteiger partial charge in [0.05, 0.1) is 5.75 Å². The zero-order valence-corrected chi connectivity index (χ0v) is 22.1. The number of anilines is 2. The van der Waals surface area contributed by atoms with Gasteiger partial charge < -0.3 is 20.0 Å². The Morgan fingerprint density at radius 1 is 1.11 bits per heavy atom. The van der Waals surface area contributed by atoms with Crippen LogP contribution in [0.15, 0.2) is 35.5 Å². The van der Waals surface area contributed by atoms with E-state index in [1.165, 1.54) is 11.8 Å². The average molecular weight is 517 g/mol. The molecule has 2 aliphatic heterocycles. The van der Waals surface area contributed by atoms with Gasteiger partial charge in [-0.05, 0) is 50.3 Å². The standard InChI is InChI=1S/C25H33ClN6O2S/c1-17-7-9-30(10-8-17)23(33)16-35-24-28-21(26)14-22(29-24)31-11-12-32(19(3)15-31)25(34)27-20-6-4-5-18(2)13-20/h4-6,13-14,17,19H,7-12,15-16H2,1-3H3,(H,27,34). The van der Waals surface area contributed by atoms with Crippen LogP contribution in [-0.2, 0) is 4.79 Å². The maximum Gasteiger partial charge on any atom is 0.322 e. The van der Waals surface area contributed by atoms with E-state index < -0.39 is 0 Å². The number of likely N-dealkylation sites (tertiary alicyclic amines) is 1. The maximum atomic E-state index is 12.8. The summed E-state index contributed by atoms with van der Waals surface area (Å²) < 4.78 is 0. The molecule has 2 aromatic rings. The molecular formula is C25H33ClN6O2S. The number of rotatable bonds is 5. The summed E-state index contributed by atoms with van der Waals surface area (Å²) in [5.74, 6) is 1.82. The van der Waals surface area contributed by atoms with Crippen molar-refractivity contribution < 1.29 is 9.59 Å². The number of urea groups is 1. The van der Waals surface area contributed by atoms with E-state index in [0.29, 0.717) is 41.6 Å². The summed E-state index contributed by atoms with van der Waals surface area (Å²) in [6, 6.07) is 9.41. The largest absolute Gasteiger partial charge is 0.353 e. The van der Waals surface area contributed by atoms with E-state index in [9.17, 15) is 9.59 Å². The Morgan fingerprint density at radius 2 is 1.89 bits per heavy atom. The maximum absolute atomic E-state index is 12.8. The van der Waals surface area contributed by atoms with E-state index in [4.69, 9.17) is 11.6 Å². The van der Waals surface area contributed by atoms with Crippen LogP contribution in [0.1, 0.15) is 32.3 Å². The molecule has 0 saturated carbocycles. The van der Waals surface area contributed by atoms with Gasteiger partial charge in [-0.25, -0.2) is 14.8 Å². The number of nitrogens with zero attached hydrogens (tertiary/aromatic N) is 5. The Balaban J connectivity index is 1.34. The average Bonchev–Trinajstić information content (AvgIpc) is 2.82. The van der Waals surface area contributed by atoms with Gasteiger partial charge in [-0.15, -0.1) is 0 Å². The predicted octanol–water partition coefficient (Wildman–Crippen LogP) is 4.53. The first-order valence-corrected chi connectivity index (χ1v) is 13.5. The van der Waals surface area contributed by atoms with Crippen LogP contribution in [0.2, 0.25) is 5.15 Å². The van der Waals surface area contributed by atoms with E-state index in [2.05, 4.69) is 27.1 Å². The van der Waals surface area contributed by atoms with Gasteiger partial charge in [-0.3, -0.25) is 4.79 Å². The first kappa shape index (κ1) is 25.6. The van der Waals surface area contributed by atoms with E-state index in [1.54, 1.807) is 6.07 Å². The first-order chi connectivity index (χ1) is 16.8. The summed E-state index contributed by atoms with van der Waals surface area (Å²) in [7, 11) is 0. The van der Waals surface area contributed by atoms with Crippen molar-refractivity contribution in [2.75, 3.05) is 48.7 Å². The molecule has 10 heteroatoms. The molecule has 1 N–H and O–H groups in total. The highest BCUT2D eigenvalue weighted by molar-refractivity contribution is 7.99. The molecule has 0 spiro atoms. The van der Waals surface area contributed by atoms with Crippen molar-refractivity contribution >= 4 is 46.8 Å². The number of benzene rings is 1. The molecule has 4 rings (SSSR count). The minimum absolute atomic E-state index is 0.0125. The van der Waals surface area contributed by atoms with Crippen molar-refractivity contribution in [1.29, 1.82) is 0 Å². The number of hydrogen-bond acceptors (Lipinski definition) is 6. The number of halogens is 1. The Hall–Kier alpha value is -2.52. The molecule has 1 aromatic heterocycles.